The van der Waals surface area contributed by atoms with Crippen LogP contribution in [0.25, 0.3) is 29.0 Å². The molecule has 0 atom stereocenters. The van der Waals surface area contributed by atoms with E-state index in [1.165, 1.54) is 66.4 Å². The third kappa shape index (κ3) is 36.7. The SMILES string of the molecule is C#CC(=O)O.C#CC(=O)OC(C)C.CI.COc1cc(Cl)cc(-c2ncn(/C=C\C(=O)OC(C)C)n2)c1.COc1cc(Cl)cc(-c2ncn[nH]2)c1.COc1cc(Cl)cc(C#N)c1.N#Cc1cc(O)cc(Cl)c1.NNO.O=CO. The number of rotatable bonds is 9. The molecule has 4 aromatic carbocycles. The number of terminal acetylenes is 2. The van der Waals surface area contributed by atoms with E-state index in [4.69, 9.17) is 112 Å². The van der Waals surface area contributed by atoms with Crippen molar-refractivity contribution in [3.05, 3.63) is 123 Å². The van der Waals surface area contributed by atoms with Gasteiger partial charge in [-0.15, -0.1) is 23.5 Å². The van der Waals surface area contributed by atoms with E-state index in [0.29, 0.717) is 60.1 Å². The summed E-state index contributed by atoms with van der Waals surface area (Å²) >= 11 is 25.3. The maximum atomic E-state index is 11.4. The van der Waals surface area contributed by atoms with Crippen LogP contribution in [-0.2, 0) is 28.7 Å². The number of nitrogens with two attached hydrogens (primary N) is 1. The minimum absolute atomic E-state index is 0.0176. The van der Waals surface area contributed by atoms with E-state index >= 15 is 0 Å². The lowest BCUT2D eigenvalue weighted by Crippen LogP contribution is -2.14. The van der Waals surface area contributed by atoms with E-state index in [1.807, 2.05) is 29.1 Å². The molecule has 0 saturated carbocycles. The number of hydrogen-bond acceptors (Lipinski definition) is 19. The van der Waals surface area contributed by atoms with E-state index in [2.05, 4.69) is 64.9 Å². The van der Waals surface area contributed by atoms with Gasteiger partial charge in [-0.05, 0) is 105 Å². The number of methoxy groups -OCH3 is 3. The second kappa shape index (κ2) is 45.1. The van der Waals surface area contributed by atoms with Gasteiger partial charge in [0, 0.05) is 55.3 Å². The summed E-state index contributed by atoms with van der Waals surface area (Å²) < 4.78 is 26.1. The number of carbonyl (C=O) groups excluding carboxylic acids is 2. The van der Waals surface area contributed by atoms with Crippen LogP contribution < -0.4 is 25.6 Å². The molecule has 0 radical (unpaired) electrons. The molecule has 0 amide bonds. The maximum absolute atomic E-state index is 11.4. The molecule has 0 aliphatic rings. The minimum Gasteiger partial charge on any atom is -0.508 e. The van der Waals surface area contributed by atoms with Crippen LogP contribution in [-0.4, -0.2) is 113 Å². The van der Waals surface area contributed by atoms with Gasteiger partial charge in [0.15, 0.2) is 11.6 Å². The summed E-state index contributed by atoms with van der Waals surface area (Å²) in [6, 6.07) is 23.5. The van der Waals surface area contributed by atoms with Gasteiger partial charge in [0.25, 0.3) is 6.47 Å². The van der Waals surface area contributed by atoms with Crippen LogP contribution in [0.15, 0.2) is 91.5 Å². The summed E-state index contributed by atoms with van der Waals surface area (Å²) in [5.41, 5.74) is 3.70. The van der Waals surface area contributed by atoms with Crippen molar-refractivity contribution in [3.63, 3.8) is 0 Å². The van der Waals surface area contributed by atoms with Crippen molar-refractivity contribution in [2.75, 3.05) is 26.3 Å². The van der Waals surface area contributed by atoms with E-state index in [0.717, 1.165) is 11.1 Å². The van der Waals surface area contributed by atoms with Crippen LogP contribution in [0.4, 0.5) is 0 Å². The Bertz CT molecular complexity index is 2920. The molecule has 28 heteroatoms. The van der Waals surface area contributed by atoms with E-state index in [9.17, 15) is 9.59 Å². The van der Waals surface area contributed by atoms with Crippen molar-refractivity contribution in [2.45, 2.75) is 39.9 Å². The molecule has 0 bridgehead atoms. The zero-order valence-electron chi connectivity index (χ0n) is 42.7. The number of phenolic OH excluding ortho intramolecular Hbond substituents is 1. The van der Waals surface area contributed by atoms with Gasteiger partial charge >= 0.3 is 17.9 Å². The third-order valence-corrected chi connectivity index (χ3v) is 8.09. The number of nitriles is 2. The smallest absolute Gasteiger partial charge is 0.384 e. The molecule has 0 unspecified atom stereocenters. The van der Waals surface area contributed by atoms with E-state index in [-0.39, 0.29) is 24.4 Å². The summed E-state index contributed by atoms with van der Waals surface area (Å²) in [5, 5.41) is 60.0. The number of aliphatic carboxylic acids is 1. The zero-order valence-corrected chi connectivity index (χ0v) is 47.9. The number of alkyl halides is 1. The number of esters is 2. The van der Waals surface area contributed by atoms with Crippen molar-refractivity contribution < 1.29 is 63.4 Å². The Morgan fingerprint density at radius 2 is 1.19 bits per heavy atom. The summed E-state index contributed by atoms with van der Waals surface area (Å²) in [4.78, 5) is 49.3. The number of carboxylic acid groups (broad SMARTS) is 2. The summed E-state index contributed by atoms with van der Waals surface area (Å²) in [7, 11) is 4.69. The van der Waals surface area contributed by atoms with Crippen LogP contribution in [0.5, 0.6) is 23.0 Å². The fourth-order valence-electron chi connectivity index (χ4n) is 4.49. The second-order valence-electron chi connectivity index (χ2n) is 13.5. The Hall–Kier alpha value is -8.15. The van der Waals surface area contributed by atoms with E-state index in [1.54, 1.807) is 90.4 Å². The first kappa shape index (κ1) is 74.1. The van der Waals surface area contributed by atoms with Gasteiger partial charge in [0.05, 0.1) is 56.8 Å². The fourth-order valence-corrected chi connectivity index (χ4v) is 5.40. The number of benzene rings is 4. The largest absolute Gasteiger partial charge is 0.508 e. The summed E-state index contributed by atoms with van der Waals surface area (Å²) in [6.45, 7) is 6.81. The maximum Gasteiger partial charge on any atom is 0.384 e. The molecule has 2 aromatic heterocycles. The number of carboxylic acids is 1. The van der Waals surface area contributed by atoms with Gasteiger partial charge in [-0.2, -0.15) is 15.6 Å². The van der Waals surface area contributed by atoms with E-state index < -0.39 is 17.9 Å². The van der Waals surface area contributed by atoms with Crippen molar-refractivity contribution >= 4 is 99.6 Å². The fraction of sp³-hybridized carbons (Fsp3) is 0.200. The minimum atomic E-state index is -1.22. The number of H-pyrrole nitrogens is 1. The Kier molecular flexibility index (Phi) is 42.8. The second-order valence-corrected chi connectivity index (χ2v) is 15.3. The first-order valence-corrected chi connectivity index (χ1v) is 24.6. The number of halogens is 5. The van der Waals surface area contributed by atoms with Crippen LogP contribution >= 0.6 is 69.0 Å². The summed E-state index contributed by atoms with van der Waals surface area (Å²) in [6.07, 6.45) is 14.4. The molecular formula is C50H53Cl4IN10O13. The molecule has 0 aliphatic heterocycles. The number of aromatic amines is 1. The topological polar surface area (TPSA) is 353 Å². The first-order valence-electron chi connectivity index (χ1n) is 20.9. The van der Waals surface area contributed by atoms with Gasteiger partial charge in [0.2, 0.25) is 0 Å². The monoisotopic (exact) mass is 1270 g/mol. The predicted molar refractivity (Wildman–Crippen MR) is 302 cm³/mol. The predicted octanol–water partition coefficient (Wildman–Crippen LogP) is 9.17. The van der Waals surface area contributed by atoms with Gasteiger partial charge < -0.3 is 44.2 Å². The highest BCUT2D eigenvalue weighted by molar-refractivity contribution is 14.1. The Morgan fingerprint density at radius 1 is 0.756 bits per heavy atom. The Balaban J connectivity index is -0.000000883. The van der Waals surface area contributed by atoms with Crippen LogP contribution in [0.2, 0.25) is 20.1 Å². The number of aromatic nitrogens is 6. The summed E-state index contributed by atoms with van der Waals surface area (Å²) in [5.74, 6) is 8.27. The van der Waals surface area contributed by atoms with Crippen LogP contribution in [0, 0.1) is 47.3 Å². The number of hydrogen-bond donors (Lipinski definition) is 7. The molecule has 0 saturated heterocycles. The Labute approximate surface area is 483 Å². The molecule has 0 aliphatic carbocycles. The Morgan fingerprint density at radius 3 is 1.59 bits per heavy atom. The zero-order chi connectivity index (χ0) is 60.2. The first-order chi connectivity index (χ1) is 37.0. The lowest BCUT2D eigenvalue weighted by atomic mass is 10.2. The lowest BCUT2D eigenvalue weighted by Gasteiger charge is -2.03. The average molecular weight is 1270 g/mol. The number of carbonyl (C=O) groups is 4. The molecule has 2 heterocycles. The molecule has 0 spiro atoms. The van der Waals surface area contributed by atoms with Crippen molar-refractivity contribution in [2.24, 2.45) is 5.84 Å². The number of nitrogens with zero attached hydrogens (tertiary/aromatic N) is 7. The van der Waals surface area contributed by atoms with Gasteiger partial charge in [0.1, 0.15) is 35.7 Å². The quantitative estimate of drug-likeness (QED) is 0.00816. The number of phenols is 1. The van der Waals surface area contributed by atoms with Gasteiger partial charge in [-0.3, -0.25) is 9.89 Å². The standard InChI is InChI=1S/C15H16ClN3O3.C9H8ClN3O.C8H6ClNO.C7H4ClNO.C6H8O2.C3H2O2.CH3I.CH2O2.H4N2O/c1-10(2)22-14(20)4-5-19-9-17-15(18-19)11-6-12(16)8-13(7-11)21-3;1-14-8-3-6(2-7(10)4-8)9-11-5-12-13-9;1-11-8-3-6(5-10)2-7(9)4-8;8-6-1-5(4-9)2-7(10)3-6;1-4-6(7)8-5(2)3;1-2-3(4)5;1-2;2-1-3;1-2-3/h4-10H,1-3H3;2-5H,1H3,(H,11,12,13);2-4H,1H3;1-3,10H;1,5H,2-3H3;1H,(H,4,5);1H3;1H,(H,2,3);2-3H,1H2/b5-4-;;;;;;;;. The molecular weight excluding hydrogens is 1220 g/mol. The molecule has 6 aromatic rings. The number of aromatic hydroxyl groups is 1. The highest BCUT2D eigenvalue weighted by Gasteiger charge is 2.08. The number of hydrazine groups is 1. The van der Waals surface area contributed by atoms with Gasteiger partial charge in [-0.1, -0.05) is 69.0 Å². The highest BCUT2D eigenvalue weighted by Crippen LogP contribution is 2.27. The van der Waals surface area contributed by atoms with Crippen molar-refractivity contribution in [1.29, 1.82) is 10.5 Å². The molecule has 416 valence electrons. The van der Waals surface area contributed by atoms with Crippen molar-refractivity contribution in [3.8, 4) is 82.6 Å². The normalized spacial score (nSPS) is 8.99. The van der Waals surface area contributed by atoms with Crippen molar-refractivity contribution in [1.82, 2.24) is 35.5 Å². The highest BCUT2D eigenvalue weighted by atomic mass is 127. The molecule has 23 nitrogen and oxygen atoms in total. The molecule has 78 heavy (non-hydrogen) atoms. The molecule has 8 N–H and O–H groups in total. The molecule has 6 rings (SSSR count). The van der Waals surface area contributed by atoms with Crippen LogP contribution in [0.3, 0.4) is 0 Å². The number of ether oxygens (including phenoxy) is 5. The number of nitrogens with one attached hydrogen (secondary N) is 2. The average Bonchev–Trinajstić information content (AvgIpc) is 4.13. The third-order valence-electron chi connectivity index (χ3n) is 7.22. The van der Waals surface area contributed by atoms with Gasteiger partial charge in [-0.25, -0.2) is 34.9 Å². The molecule has 0 fully saturated rings. The van der Waals surface area contributed by atoms with Crippen LogP contribution in [0.1, 0.15) is 38.8 Å². The lowest BCUT2D eigenvalue weighted by molar-refractivity contribution is -0.141.